The summed E-state index contributed by atoms with van der Waals surface area (Å²) in [6.45, 7) is 6.07. The molecule has 0 radical (unpaired) electrons. The second kappa shape index (κ2) is 7.95. The Bertz CT molecular complexity index is 1030. The maximum absolute atomic E-state index is 12.9. The van der Waals surface area contributed by atoms with E-state index in [1.54, 1.807) is 16.7 Å². The molecular formula is C22H25N5O2. The van der Waals surface area contributed by atoms with E-state index >= 15 is 0 Å². The number of nitrogens with one attached hydrogen (secondary N) is 2. The van der Waals surface area contributed by atoms with E-state index in [0.29, 0.717) is 11.2 Å². The van der Waals surface area contributed by atoms with Crippen molar-refractivity contribution in [1.82, 2.24) is 14.7 Å². The zero-order valence-corrected chi connectivity index (χ0v) is 16.7. The van der Waals surface area contributed by atoms with E-state index in [2.05, 4.69) is 34.4 Å². The van der Waals surface area contributed by atoms with Gasteiger partial charge < -0.3 is 15.5 Å². The number of carbonyl (C=O) groups excluding carboxylic acids is 2. The first kappa shape index (κ1) is 19.0. The molecule has 4 rings (SSSR count). The fourth-order valence-electron chi connectivity index (χ4n) is 3.38. The van der Waals surface area contributed by atoms with Gasteiger partial charge in [-0.15, -0.1) is 0 Å². The van der Waals surface area contributed by atoms with Crippen molar-refractivity contribution in [1.29, 1.82) is 0 Å². The Morgan fingerprint density at radius 1 is 1.07 bits per heavy atom. The number of amides is 2. The van der Waals surface area contributed by atoms with Crippen molar-refractivity contribution >= 4 is 28.7 Å². The zero-order chi connectivity index (χ0) is 20.4. The predicted molar refractivity (Wildman–Crippen MR) is 114 cm³/mol. The third-order valence-corrected chi connectivity index (χ3v) is 5.13. The second-order valence-corrected chi connectivity index (χ2v) is 7.16. The standard InChI is InChI=1S/C22H25N5O2/c1-3-26(4-2)17-12-10-16(11-13-17)24-22(29)20-25-19(21(28)23-15-8-9-15)18-7-5-6-14-27(18)20/h5-7,10-15H,3-4,8-9H2,1-2H3,(H,23,28)(H,24,29). The SMILES string of the molecule is CCN(CC)c1ccc(NC(=O)c2nc(C(=O)NC3CC3)c3ccccn23)cc1. The van der Waals surface area contributed by atoms with Crippen LogP contribution in [0.3, 0.4) is 0 Å². The molecule has 1 saturated carbocycles. The molecule has 1 fully saturated rings. The van der Waals surface area contributed by atoms with E-state index in [4.69, 9.17) is 0 Å². The predicted octanol–water partition coefficient (Wildman–Crippen LogP) is 3.33. The molecule has 29 heavy (non-hydrogen) atoms. The number of fused-ring (bicyclic) bond motifs is 1. The van der Waals surface area contributed by atoms with Crippen molar-refractivity contribution < 1.29 is 9.59 Å². The lowest BCUT2D eigenvalue weighted by atomic mass is 10.2. The third kappa shape index (κ3) is 3.94. The molecular weight excluding hydrogens is 366 g/mol. The molecule has 2 heterocycles. The van der Waals surface area contributed by atoms with Crippen LogP contribution < -0.4 is 15.5 Å². The Morgan fingerprint density at radius 2 is 1.79 bits per heavy atom. The lowest BCUT2D eigenvalue weighted by Gasteiger charge is -2.21. The number of nitrogens with zero attached hydrogens (tertiary/aromatic N) is 3. The van der Waals surface area contributed by atoms with Gasteiger partial charge in [0.15, 0.2) is 5.69 Å². The molecule has 7 nitrogen and oxygen atoms in total. The summed E-state index contributed by atoms with van der Waals surface area (Å²) in [4.78, 5) is 32.0. The molecule has 2 amide bonds. The fraction of sp³-hybridized carbons (Fsp3) is 0.318. The Balaban J connectivity index is 1.57. The van der Waals surface area contributed by atoms with Gasteiger partial charge in [0.1, 0.15) is 0 Å². The minimum absolute atomic E-state index is 0.189. The Morgan fingerprint density at radius 3 is 2.45 bits per heavy atom. The zero-order valence-electron chi connectivity index (χ0n) is 16.7. The van der Waals surface area contributed by atoms with Gasteiger partial charge >= 0.3 is 0 Å². The molecule has 150 valence electrons. The molecule has 7 heteroatoms. The number of aromatic nitrogens is 2. The number of hydrogen-bond acceptors (Lipinski definition) is 4. The van der Waals surface area contributed by atoms with Crippen LogP contribution in [0, 0.1) is 0 Å². The number of pyridine rings is 1. The highest BCUT2D eigenvalue weighted by molar-refractivity contribution is 6.06. The summed E-state index contributed by atoms with van der Waals surface area (Å²) in [7, 11) is 0. The lowest BCUT2D eigenvalue weighted by molar-refractivity contribution is 0.0948. The quantitative estimate of drug-likeness (QED) is 0.648. The molecule has 0 unspecified atom stereocenters. The number of imidazole rings is 1. The summed E-state index contributed by atoms with van der Waals surface area (Å²) < 4.78 is 1.65. The van der Waals surface area contributed by atoms with Crippen LogP contribution in [0.15, 0.2) is 48.7 Å². The maximum atomic E-state index is 12.9. The molecule has 3 aromatic rings. The topological polar surface area (TPSA) is 78.7 Å². The van der Waals surface area contributed by atoms with Crippen LogP contribution in [0.1, 0.15) is 47.8 Å². The Hall–Kier alpha value is -3.35. The van der Waals surface area contributed by atoms with E-state index in [-0.39, 0.29) is 29.4 Å². The number of rotatable bonds is 7. The maximum Gasteiger partial charge on any atom is 0.292 e. The minimum atomic E-state index is -0.354. The van der Waals surface area contributed by atoms with Gasteiger partial charge in [-0.3, -0.25) is 14.0 Å². The molecule has 0 atom stereocenters. The molecule has 2 aromatic heterocycles. The molecule has 0 spiro atoms. The van der Waals surface area contributed by atoms with Gasteiger partial charge in [0.25, 0.3) is 11.8 Å². The van der Waals surface area contributed by atoms with Crippen molar-refractivity contribution in [3.63, 3.8) is 0 Å². The first-order chi connectivity index (χ1) is 14.1. The second-order valence-electron chi connectivity index (χ2n) is 7.16. The summed E-state index contributed by atoms with van der Waals surface area (Å²) >= 11 is 0. The largest absolute Gasteiger partial charge is 0.372 e. The smallest absolute Gasteiger partial charge is 0.292 e. The lowest BCUT2D eigenvalue weighted by Crippen LogP contribution is -2.26. The van der Waals surface area contributed by atoms with Crippen LogP contribution in [0.4, 0.5) is 11.4 Å². The van der Waals surface area contributed by atoms with E-state index in [1.165, 1.54) is 0 Å². The van der Waals surface area contributed by atoms with E-state index in [1.807, 2.05) is 36.4 Å². The van der Waals surface area contributed by atoms with Crippen molar-refractivity contribution in [3.05, 3.63) is 60.2 Å². The molecule has 1 aromatic carbocycles. The van der Waals surface area contributed by atoms with Crippen LogP contribution in [0.25, 0.3) is 5.52 Å². The first-order valence-corrected chi connectivity index (χ1v) is 10.0. The molecule has 0 bridgehead atoms. The van der Waals surface area contributed by atoms with Gasteiger partial charge in [-0.05, 0) is 63.1 Å². The third-order valence-electron chi connectivity index (χ3n) is 5.13. The molecule has 1 aliphatic carbocycles. The number of benzene rings is 1. The van der Waals surface area contributed by atoms with Gasteiger partial charge in [-0.25, -0.2) is 4.98 Å². The monoisotopic (exact) mass is 391 g/mol. The fourth-order valence-corrected chi connectivity index (χ4v) is 3.38. The molecule has 2 N–H and O–H groups in total. The van der Waals surface area contributed by atoms with Gasteiger partial charge in [0, 0.05) is 36.7 Å². The average Bonchev–Trinajstić information content (AvgIpc) is 3.46. The van der Waals surface area contributed by atoms with Gasteiger partial charge in [0.2, 0.25) is 5.82 Å². The highest BCUT2D eigenvalue weighted by Crippen LogP contribution is 2.22. The molecule has 1 aliphatic rings. The summed E-state index contributed by atoms with van der Waals surface area (Å²) in [5.41, 5.74) is 2.69. The highest BCUT2D eigenvalue weighted by Gasteiger charge is 2.27. The van der Waals surface area contributed by atoms with Crippen molar-refractivity contribution in [2.75, 3.05) is 23.3 Å². The summed E-state index contributed by atoms with van der Waals surface area (Å²) in [6, 6.07) is 13.4. The van der Waals surface area contributed by atoms with E-state index in [0.717, 1.165) is 31.6 Å². The van der Waals surface area contributed by atoms with Crippen LogP contribution in [-0.4, -0.2) is 40.3 Å². The average molecular weight is 391 g/mol. The van der Waals surface area contributed by atoms with Gasteiger partial charge in [-0.2, -0.15) is 0 Å². The normalized spacial score (nSPS) is 13.3. The number of anilines is 2. The van der Waals surface area contributed by atoms with E-state index in [9.17, 15) is 9.59 Å². The minimum Gasteiger partial charge on any atom is -0.372 e. The van der Waals surface area contributed by atoms with Crippen molar-refractivity contribution in [2.45, 2.75) is 32.7 Å². The van der Waals surface area contributed by atoms with Crippen LogP contribution in [0.5, 0.6) is 0 Å². The highest BCUT2D eigenvalue weighted by atomic mass is 16.2. The van der Waals surface area contributed by atoms with Gasteiger partial charge in [-0.1, -0.05) is 6.07 Å². The number of carbonyl (C=O) groups is 2. The van der Waals surface area contributed by atoms with Crippen LogP contribution >= 0.6 is 0 Å². The first-order valence-electron chi connectivity index (χ1n) is 10.0. The van der Waals surface area contributed by atoms with Crippen LogP contribution in [0.2, 0.25) is 0 Å². The Labute approximate surface area is 169 Å². The molecule has 0 saturated heterocycles. The Kier molecular flexibility index (Phi) is 5.20. The summed E-state index contributed by atoms with van der Waals surface area (Å²) in [5, 5.41) is 5.83. The summed E-state index contributed by atoms with van der Waals surface area (Å²) in [5.74, 6) is -0.402. The van der Waals surface area contributed by atoms with E-state index < -0.39 is 0 Å². The van der Waals surface area contributed by atoms with Gasteiger partial charge in [0.05, 0.1) is 5.52 Å². The number of hydrogen-bond donors (Lipinski definition) is 2. The van der Waals surface area contributed by atoms with Crippen molar-refractivity contribution in [3.8, 4) is 0 Å². The molecule has 0 aliphatic heterocycles. The summed E-state index contributed by atoms with van der Waals surface area (Å²) in [6.07, 6.45) is 3.73. The van der Waals surface area contributed by atoms with Crippen molar-refractivity contribution in [2.24, 2.45) is 0 Å². The van der Waals surface area contributed by atoms with Crippen LogP contribution in [-0.2, 0) is 0 Å².